The molecule has 122 valence electrons. The average Bonchev–Trinajstić information content (AvgIpc) is 2.49. The Morgan fingerprint density at radius 2 is 1.68 bits per heavy atom. The highest BCUT2D eigenvalue weighted by atomic mass is 19.1. The minimum atomic E-state index is -0.273. The molecule has 0 fully saturated rings. The predicted molar refractivity (Wildman–Crippen MR) is 84.9 cm³/mol. The van der Waals surface area contributed by atoms with Crippen molar-refractivity contribution in [3.63, 3.8) is 0 Å². The van der Waals surface area contributed by atoms with E-state index in [9.17, 15) is 14.0 Å². The number of amides is 2. The Bertz CT molecular complexity index is 468. The molecule has 0 aliphatic carbocycles. The first-order chi connectivity index (χ1) is 10.6. The van der Waals surface area contributed by atoms with E-state index in [1.54, 1.807) is 17.0 Å². The molecule has 0 heterocycles. The van der Waals surface area contributed by atoms with Crippen LogP contribution >= 0.6 is 0 Å². The Morgan fingerprint density at radius 1 is 1.09 bits per heavy atom. The van der Waals surface area contributed by atoms with Crippen LogP contribution in [-0.4, -0.2) is 36.3 Å². The van der Waals surface area contributed by atoms with Gasteiger partial charge in [0.05, 0.1) is 0 Å². The molecule has 5 heteroatoms. The fraction of sp³-hybridized carbons (Fsp3) is 0.529. The SMILES string of the molecule is CCCN(CCC)C(=O)CC(=O)NCCc1ccc(F)cc1. The van der Waals surface area contributed by atoms with E-state index < -0.39 is 0 Å². The summed E-state index contributed by atoms with van der Waals surface area (Å²) < 4.78 is 12.8. The first-order valence-electron chi connectivity index (χ1n) is 7.85. The predicted octanol–water partition coefficient (Wildman–Crippen LogP) is 2.52. The molecule has 0 saturated heterocycles. The topological polar surface area (TPSA) is 49.4 Å². The molecule has 0 bridgehead atoms. The van der Waals surface area contributed by atoms with Crippen molar-refractivity contribution >= 4 is 11.8 Å². The molecule has 4 nitrogen and oxygen atoms in total. The normalized spacial score (nSPS) is 10.3. The largest absolute Gasteiger partial charge is 0.355 e. The maximum atomic E-state index is 12.8. The third kappa shape index (κ3) is 6.70. The second-order valence-electron chi connectivity index (χ2n) is 5.28. The third-order valence-electron chi connectivity index (χ3n) is 3.30. The Labute approximate surface area is 131 Å². The van der Waals surface area contributed by atoms with Crippen LogP contribution in [0, 0.1) is 5.82 Å². The molecule has 0 aliphatic rings. The lowest BCUT2D eigenvalue weighted by Gasteiger charge is -2.21. The van der Waals surface area contributed by atoms with Crippen LogP contribution in [0.25, 0.3) is 0 Å². The molecule has 1 N–H and O–H groups in total. The van der Waals surface area contributed by atoms with Gasteiger partial charge >= 0.3 is 0 Å². The summed E-state index contributed by atoms with van der Waals surface area (Å²) in [5, 5.41) is 2.74. The lowest BCUT2D eigenvalue weighted by Crippen LogP contribution is -2.37. The van der Waals surface area contributed by atoms with Gasteiger partial charge in [-0.1, -0.05) is 26.0 Å². The third-order valence-corrected chi connectivity index (χ3v) is 3.30. The molecular formula is C17H25FN2O2. The number of carbonyl (C=O) groups is 2. The second kappa shape index (κ2) is 9.92. The van der Waals surface area contributed by atoms with Crippen molar-refractivity contribution < 1.29 is 14.0 Å². The molecule has 1 aromatic carbocycles. The Kier molecular flexibility index (Phi) is 8.18. The zero-order valence-corrected chi connectivity index (χ0v) is 13.4. The minimum Gasteiger partial charge on any atom is -0.355 e. The first-order valence-corrected chi connectivity index (χ1v) is 7.85. The fourth-order valence-corrected chi connectivity index (χ4v) is 2.21. The summed E-state index contributed by atoms with van der Waals surface area (Å²) in [6.07, 6.45) is 2.28. The molecule has 0 spiro atoms. The van der Waals surface area contributed by atoms with Gasteiger partial charge in [0.25, 0.3) is 0 Å². The number of halogens is 1. The number of hydrogen-bond acceptors (Lipinski definition) is 2. The number of hydrogen-bond donors (Lipinski definition) is 1. The van der Waals surface area contributed by atoms with Gasteiger partial charge in [-0.2, -0.15) is 0 Å². The molecule has 2 amide bonds. The van der Waals surface area contributed by atoms with Gasteiger partial charge < -0.3 is 10.2 Å². The Hall–Kier alpha value is -1.91. The van der Waals surface area contributed by atoms with E-state index in [4.69, 9.17) is 0 Å². The number of nitrogens with zero attached hydrogens (tertiary/aromatic N) is 1. The van der Waals surface area contributed by atoms with Crippen molar-refractivity contribution in [2.75, 3.05) is 19.6 Å². The molecule has 0 radical (unpaired) electrons. The Balaban J connectivity index is 2.32. The number of benzene rings is 1. The summed E-state index contributed by atoms with van der Waals surface area (Å²) in [4.78, 5) is 25.6. The van der Waals surface area contributed by atoms with Crippen molar-refractivity contribution in [3.05, 3.63) is 35.6 Å². The highest BCUT2D eigenvalue weighted by Gasteiger charge is 2.15. The molecule has 1 rings (SSSR count). The maximum Gasteiger partial charge on any atom is 0.232 e. The molecule has 22 heavy (non-hydrogen) atoms. The van der Waals surface area contributed by atoms with Gasteiger partial charge in [0, 0.05) is 19.6 Å². The van der Waals surface area contributed by atoms with Crippen LogP contribution in [0.5, 0.6) is 0 Å². The van der Waals surface area contributed by atoms with Crippen LogP contribution in [0.4, 0.5) is 4.39 Å². The zero-order chi connectivity index (χ0) is 16.4. The molecule has 0 aliphatic heterocycles. The van der Waals surface area contributed by atoms with Gasteiger partial charge in [-0.05, 0) is 37.0 Å². The van der Waals surface area contributed by atoms with E-state index in [-0.39, 0.29) is 24.1 Å². The van der Waals surface area contributed by atoms with Crippen molar-refractivity contribution in [1.29, 1.82) is 0 Å². The van der Waals surface area contributed by atoms with Gasteiger partial charge in [-0.25, -0.2) is 4.39 Å². The number of carbonyl (C=O) groups excluding carboxylic acids is 2. The van der Waals surface area contributed by atoms with Crippen molar-refractivity contribution in [3.8, 4) is 0 Å². The van der Waals surface area contributed by atoms with Crippen LogP contribution in [0.3, 0.4) is 0 Å². The summed E-state index contributed by atoms with van der Waals surface area (Å²) in [6, 6.07) is 6.18. The molecule has 0 unspecified atom stereocenters. The highest BCUT2D eigenvalue weighted by molar-refractivity contribution is 5.96. The summed E-state index contributed by atoms with van der Waals surface area (Å²) in [5.41, 5.74) is 0.951. The van der Waals surface area contributed by atoms with Crippen LogP contribution in [0.1, 0.15) is 38.7 Å². The standard InChI is InChI=1S/C17H25FN2O2/c1-3-11-20(12-4-2)17(22)13-16(21)19-10-9-14-5-7-15(18)8-6-14/h5-8H,3-4,9-13H2,1-2H3,(H,19,21). The zero-order valence-electron chi connectivity index (χ0n) is 13.4. The monoisotopic (exact) mass is 308 g/mol. The molecule has 0 atom stereocenters. The minimum absolute atomic E-state index is 0.108. The van der Waals surface area contributed by atoms with Crippen LogP contribution in [0.2, 0.25) is 0 Å². The number of nitrogens with one attached hydrogen (secondary N) is 1. The van der Waals surface area contributed by atoms with Crippen LogP contribution in [-0.2, 0) is 16.0 Å². The molecule has 0 saturated carbocycles. The average molecular weight is 308 g/mol. The fourth-order valence-electron chi connectivity index (χ4n) is 2.21. The van der Waals surface area contributed by atoms with Crippen molar-refractivity contribution in [1.82, 2.24) is 10.2 Å². The summed E-state index contributed by atoms with van der Waals surface area (Å²) in [6.45, 7) is 5.85. The van der Waals surface area contributed by atoms with E-state index in [1.807, 2.05) is 13.8 Å². The molecule has 0 aromatic heterocycles. The van der Waals surface area contributed by atoms with Gasteiger partial charge in [0.15, 0.2) is 0 Å². The first kappa shape index (κ1) is 18.1. The summed E-state index contributed by atoms with van der Waals surface area (Å²) in [7, 11) is 0. The van der Waals surface area contributed by atoms with E-state index >= 15 is 0 Å². The highest BCUT2D eigenvalue weighted by Crippen LogP contribution is 2.03. The maximum absolute atomic E-state index is 12.8. The van der Waals surface area contributed by atoms with Crippen LogP contribution in [0.15, 0.2) is 24.3 Å². The van der Waals surface area contributed by atoms with E-state index in [2.05, 4.69) is 5.32 Å². The van der Waals surface area contributed by atoms with E-state index in [0.29, 0.717) is 26.1 Å². The lowest BCUT2D eigenvalue weighted by molar-refractivity contribution is -0.136. The van der Waals surface area contributed by atoms with Crippen molar-refractivity contribution in [2.24, 2.45) is 0 Å². The van der Waals surface area contributed by atoms with Gasteiger partial charge in [-0.15, -0.1) is 0 Å². The van der Waals surface area contributed by atoms with Gasteiger partial charge in [0.1, 0.15) is 12.2 Å². The van der Waals surface area contributed by atoms with Crippen LogP contribution < -0.4 is 5.32 Å². The number of rotatable bonds is 9. The van der Waals surface area contributed by atoms with E-state index in [0.717, 1.165) is 18.4 Å². The molecular weight excluding hydrogens is 283 g/mol. The second-order valence-corrected chi connectivity index (χ2v) is 5.28. The molecule has 1 aromatic rings. The van der Waals surface area contributed by atoms with Gasteiger partial charge in [-0.3, -0.25) is 9.59 Å². The smallest absolute Gasteiger partial charge is 0.232 e. The summed E-state index contributed by atoms with van der Waals surface area (Å²) in [5.74, 6) is -0.655. The lowest BCUT2D eigenvalue weighted by atomic mass is 10.1. The van der Waals surface area contributed by atoms with E-state index in [1.165, 1.54) is 12.1 Å². The summed E-state index contributed by atoms with van der Waals surface area (Å²) >= 11 is 0. The van der Waals surface area contributed by atoms with Crippen molar-refractivity contribution in [2.45, 2.75) is 39.5 Å². The van der Waals surface area contributed by atoms with Gasteiger partial charge in [0.2, 0.25) is 11.8 Å². The quantitative estimate of drug-likeness (QED) is 0.713. The Morgan fingerprint density at radius 3 is 2.23 bits per heavy atom.